The molecule has 1 unspecified atom stereocenters. The number of unbranched alkanes of at least 4 members (excludes halogenated alkanes) is 1. The van der Waals surface area contributed by atoms with E-state index in [1.807, 2.05) is 0 Å². The van der Waals surface area contributed by atoms with Crippen molar-refractivity contribution in [3.63, 3.8) is 0 Å². The molecule has 0 aliphatic carbocycles. The number of aliphatic hydroxyl groups is 1. The third-order valence-corrected chi connectivity index (χ3v) is 2.54. The molecule has 102 valence electrons. The Morgan fingerprint density at radius 3 is 2.12 bits per heavy atom. The van der Waals surface area contributed by atoms with Crippen LogP contribution in [0.15, 0.2) is 0 Å². The van der Waals surface area contributed by atoms with Crippen molar-refractivity contribution in [1.82, 2.24) is 0 Å². The summed E-state index contributed by atoms with van der Waals surface area (Å²) < 4.78 is 0. The SMILES string of the molecule is Cl.NC(CCCO)(CCCCB(O)O)C(=O)O. The molecule has 6 nitrogen and oxygen atoms in total. The summed E-state index contributed by atoms with van der Waals surface area (Å²) in [6.45, 7) is -0.0818. The van der Waals surface area contributed by atoms with Gasteiger partial charge >= 0.3 is 13.1 Å². The Morgan fingerprint density at radius 2 is 1.71 bits per heavy atom. The average molecular weight is 270 g/mol. The number of rotatable bonds is 9. The molecule has 6 N–H and O–H groups in total. The molecule has 0 heterocycles. The first-order chi connectivity index (χ1) is 7.42. The highest BCUT2D eigenvalue weighted by atomic mass is 35.5. The van der Waals surface area contributed by atoms with Crippen LogP contribution in [0, 0.1) is 0 Å². The largest absolute Gasteiger partial charge is 0.480 e. The number of halogens is 1. The second-order valence-electron chi connectivity index (χ2n) is 4.01. The van der Waals surface area contributed by atoms with Crippen LogP contribution in [0.3, 0.4) is 0 Å². The molecule has 0 aromatic rings. The number of aliphatic hydroxyl groups excluding tert-OH is 1. The first-order valence-corrected chi connectivity index (χ1v) is 5.41. The second kappa shape index (κ2) is 9.67. The van der Waals surface area contributed by atoms with E-state index in [0.29, 0.717) is 19.3 Å². The number of aliphatic carboxylic acids is 1. The summed E-state index contributed by atoms with van der Waals surface area (Å²) in [5.74, 6) is -1.08. The summed E-state index contributed by atoms with van der Waals surface area (Å²) in [6, 6.07) is 0. The molecule has 0 rings (SSSR count). The third kappa shape index (κ3) is 8.40. The van der Waals surface area contributed by atoms with Crippen LogP contribution in [0.5, 0.6) is 0 Å². The van der Waals surface area contributed by atoms with E-state index in [1.54, 1.807) is 0 Å². The Hall–Kier alpha value is -0.335. The summed E-state index contributed by atoms with van der Waals surface area (Å²) >= 11 is 0. The van der Waals surface area contributed by atoms with Crippen LogP contribution >= 0.6 is 12.4 Å². The van der Waals surface area contributed by atoms with E-state index in [2.05, 4.69) is 0 Å². The summed E-state index contributed by atoms with van der Waals surface area (Å²) in [6.07, 6.45) is 2.10. The molecule has 0 radical (unpaired) electrons. The van der Waals surface area contributed by atoms with Gasteiger partial charge in [-0.25, -0.2) is 0 Å². The number of hydrogen-bond acceptors (Lipinski definition) is 5. The van der Waals surface area contributed by atoms with Gasteiger partial charge < -0.3 is 26.0 Å². The normalized spacial score (nSPS) is 13.6. The second-order valence-corrected chi connectivity index (χ2v) is 4.01. The highest BCUT2D eigenvalue weighted by Crippen LogP contribution is 2.19. The fourth-order valence-electron chi connectivity index (χ4n) is 1.50. The molecule has 0 spiro atoms. The Bertz CT molecular complexity index is 220. The topological polar surface area (TPSA) is 124 Å². The Kier molecular flexibility index (Phi) is 10.8. The van der Waals surface area contributed by atoms with E-state index in [1.165, 1.54) is 0 Å². The molecule has 0 bridgehead atoms. The molecule has 0 aliphatic heterocycles. The highest BCUT2D eigenvalue weighted by molar-refractivity contribution is 6.40. The van der Waals surface area contributed by atoms with Gasteiger partial charge in [0.1, 0.15) is 5.54 Å². The smallest absolute Gasteiger partial charge is 0.451 e. The molecule has 8 heteroatoms. The molecule has 1 atom stereocenters. The number of carboxylic acids is 1. The number of carbonyl (C=O) groups is 1. The van der Waals surface area contributed by atoms with Crippen LogP contribution in [-0.2, 0) is 4.79 Å². The van der Waals surface area contributed by atoms with E-state index >= 15 is 0 Å². The van der Waals surface area contributed by atoms with E-state index in [4.69, 9.17) is 26.0 Å². The zero-order valence-electron chi connectivity index (χ0n) is 9.71. The maximum absolute atomic E-state index is 10.9. The lowest BCUT2D eigenvalue weighted by Crippen LogP contribution is -2.48. The van der Waals surface area contributed by atoms with E-state index in [9.17, 15) is 4.79 Å². The minimum absolute atomic E-state index is 0. The molecule has 0 fully saturated rings. The van der Waals surface area contributed by atoms with Gasteiger partial charge in [-0.05, 0) is 25.6 Å². The van der Waals surface area contributed by atoms with Crippen molar-refractivity contribution in [2.24, 2.45) is 5.73 Å². The maximum Gasteiger partial charge on any atom is 0.451 e. The molecular formula is C9H21BClNO5. The van der Waals surface area contributed by atoms with Crippen LogP contribution < -0.4 is 5.73 Å². The fourth-order valence-corrected chi connectivity index (χ4v) is 1.50. The molecule has 0 amide bonds. The summed E-state index contributed by atoms with van der Waals surface area (Å²) in [7, 11) is -1.35. The van der Waals surface area contributed by atoms with Gasteiger partial charge in [0.25, 0.3) is 0 Å². The predicted molar refractivity (Wildman–Crippen MR) is 67.0 cm³/mol. The van der Waals surface area contributed by atoms with Gasteiger partial charge in [0.05, 0.1) is 0 Å². The Balaban J connectivity index is 0. The van der Waals surface area contributed by atoms with Crippen LogP contribution in [0.1, 0.15) is 32.1 Å². The van der Waals surface area contributed by atoms with Crippen molar-refractivity contribution in [3.05, 3.63) is 0 Å². The maximum atomic E-state index is 10.9. The summed E-state index contributed by atoms with van der Waals surface area (Å²) in [5.41, 5.74) is 4.39. The minimum Gasteiger partial charge on any atom is -0.480 e. The van der Waals surface area contributed by atoms with E-state index < -0.39 is 18.6 Å². The van der Waals surface area contributed by atoms with Crippen molar-refractivity contribution < 1.29 is 25.1 Å². The van der Waals surface area contributed by atoms with Crippen molar-refractivity contribution in [3.8, 4) is 0 Å². The van der Waals surface area contributed by atoms with Gasteiger partial charge in [0, 0.05) is 6.61 Å². The van der Waals surface area contributed by atoms with Gasteiger partial charge in [-0.15, -0.1) is 12.4 Å². The monoisotopic (exact) mass is 269 g/mol. The standard InChI is InChI=1S/C9H20BNO5.ClH/c11-9(8(13)14,5-3-7-12)4-1-2-6-10(15)16;/h12,15-16H,1-7,11H2,(H,13,14);1H. The molecule has 0 saturated heterocycles. The molecule has 17 heavy (non-hydrogen) atoms. The number of carboxylic acid groups (broad SMARTS) is 1. The number of hydrogen-bond donors (Lipinski definition) is 5. The average Bonchev–Trinajstić information content (AvgIpc) is 2.21. The lowest BCUT2D eigenvalue weighted by Gasteiger charge is -2.24. The van der Waals surface area contributed by atoms with Crippen molar-refractivity contribution in [2.45, 2.75) is 44.0 Å². The first-order valence-electron chi connectivity index (χ1n) is 5.41. The number of nitrogens with two attached hydrogens (primary N) is 1. The Morgan fingerprint density at radius 1 is 1.18 bits per heavy atom. The Labute approximate surface area is 107 Å². The predicted octanol–water partition coefficient (Wildman–Crippen LogP) is -0.394. The van der Waals surface area contributed by atoms with Gasteiger partial charge in [-0.2, -0.15) is 0 Å². The zero-order valence-corrected chi connectivity index (χ0v) is 10.5. The lowest BCUT2D eigenvalue weighted by molar-refractivity contribution is -0.144. The third-order valence-electron chi connectivity index (χ3n) is 2.54. The van der Waals surface area contributed by atoms with Crippen LogP contribution in [0.2, 0.25) is 6.32 Å². The molecule has 0 aromatic carbocycles. The molecule has 0 aromatic heterocycles. The summed E-state index contributed by atoms with van der Waals surface area (Å²) in [5, 5.41) is 34.8. The van der Waals surface area contributed by atoms with Gasteiger partial charge in [0.15, 0.2) is 0 Å². The zero-order chi connectivity index (χ0) is 12.6. The van der Waals surface area contributed by atoms with E-state index in [-0.39, 0.29) is 38.2 Å². The minimum atomic E-state index is -1.35. The molecular weight excluding hydrogens is 248 g/mol. The quantitative estimate of drug-likeness (QED) is 0.287. The van der Waals surface area contributed by atoms with Crippen LogP contribution in [0.4, 0.5) is 0 Å². The van der Waals surface area contributed by atoms with Crippen LogP contribution in [-0.4, -0.2) is 45.5 Å². The summed E-state index contributed by atoms with van der Waals surface area (Å²) in [4.78, 5) is 10.9. The molecule has 0 saturated carbocycles. The van der Waals surface area contributed by atoms with Crippen molar-refractivity contribution >= 4 is 25.5 Å². The fraction of sp³-hybridized carbons (Fsp3) is 0.889. The van der Waals surface area contributed by atoms with Gasteiger partial charge in [0.2, 0.25) is 0 Å². The van der Waals surface area contributed by atoms with Crippen molar-refractivity contribution in [2.75, 3.05) is 6.61 Å². The van der Waals surface area contributed by atoms with Crippen LogP contribution in [0.25, 0.3) is 0 Å². The first kappa shape index (κ1) is 19.0. The highest BCUT2D eigenvalue weighted by Gasteiger charge is 2.32. The van der Waals surface area contributed by atoms with E-state index in [0.717, 1.165) is 0 Å². The van der Waals surface area contributed by atoms with Crippen molar-refractivity contribution in [1.29, 1.82) is 0 Å². The lowest BCUT2D eigenvalue weighted by atomic mass is 9.81. The van der Waals surface area contributed by atoms with Gasteiger partial charge in [-0.1, -0.05) is 12.8 Å². The molecule has 0 aliphatic rings. The van der Waals surface area contributed by atoms with Gasteiger partial charge in [-0.3, -0.25) is 4.79 Å².